The number of rotatable bonds is 8. The summed E-state index contributed by atoms with van der Waals surface area (Å²) in [5, 5.41) is 4.94. The summed E-state index contributed by atoms with van der Waals surface area (Å²) in [6, 6.07) is 74.7. The fourth-order valence-electron chi connectivity index (χ4n) is 8.59. The lowest BCUT2D eigenvalue weighted by Crippen LogP contribution is -2.16. The molecule has 272 valence electrons. The van der Waals surface area contributed by atoms with E-state index in [4.69, 9.17) is 0 Å². The molecule has 0 aliphatic heterocycles. The number of para-hydroxylation sites is 2. The third-order valence-electron chi connectivity index (χ3n) is 11.6. The topological polar surface area (TPSA) is 6.48 Å². The molecular formula is C55H42N2. The van der Waals surface area contributed by atoms with Crippen molar-refractivity contribution in [1.82, 2.24) is 0 Å². The van der Waals surface area contributed by atoms with Gasteiger partial charge in [0.05, 0.1) is 0 Å². The number of anilines is 6. The Balaban J connectivity index is 0.967. The predicted molar refractivity (Wildman–Crippen MR) is 244 cm³/mol. The van der Waals surface area contributed by atoms with Gasteiger partial charge in [-0.1, -0.05) is 159 Å². The van der Waals surface area contributed by atoms with E-state index in [2.05, 4.69) is 242 Å². The predicted octanol–water partition coefficient (Wildman–Crippen LogP) is 15.4. The van der Waals surface area contributed by atoms with Gasteiger partial charge < -0.3 is 9.80 Å². The molecule has 0 bridgehead atoms. The lowest BCUT2D eigenvalue weighted by Gasteiger charge is -2.28. The van der Waals surface area contributed by atoms with Gasteiger partial charge in [-0.05, 0) is 128 Å². The average molecular weight is 731 g/mol. The lowest BCUT2D eigenvalue weighted by molar-refractivity contribution is 0.660. The SMILES string of the molecule is CC1(C)c2cc(/C=C/c3ccc(N(c4ccccc4)c4ccccc4)cc3)ccc2-c2ccc(N(c3ccc4ccccc4c3)c3ccc4ccccc4c3)cc21. The van der Waals surface area contributed by atoms with Gasteiger partial charge in [-0.3, -0.25) is 0 Å². The van der Waals surface area contributed by atoms with Crippen LogP contribution in [-0.2, 0) is 5.41 Å². The highest BCUT2D eigenvalue weighted by atomic mass is 15.1. The van der Waals surface area contributed by atoms with Gasteiger partial charge in [0, 0.05) is 39.5 Å². The smallest absolute Gasteiger partial charge is 0.0468 e. The summed E-state index contributed by atoms with van der Waals surface area (Å²) in [7, 11) is 0. The third kappa shape index (κ3) is 6.36. The van der Waals surface area contributed by atoms with Crippen LogP contribution in [0.2, 0.25) is 0 Å². The second-order valence-electron chi connectivity index (χ2n) is 15.5. The fraction of sp³-hybridized carbons (Fsp3) is 0.0545. The first-order valence-corrected chi connectivity index (χ1v) is 19.8. The van der Waals surface area contributed by atoms with Crippen molar-refractivity contribution in [3.8, 4) is 11.1 Å². The molecule has 0 radical (unpaired) electrons. The van der Waals surface area contributed by atoms with Gasteiger partial charge in [-0.2, -0.15) is 0 Å². The second-order valence-corrected chi connectivity index (χ2v) is 15.5. The highest BCUT2D eigenvalue weighted by Crippen LogP contribution is 2.51. The van der Waals surface area contributed by atoms with Crippen LogP contribution >= 0.6 is 0 Å². The summed E-state index contributed by atoms with van der Waals surface area (Å²) in [5.41, 5.74) is 14.3. The van der Waals surface area contributed by atoms with Crippen molar-refractivity contribution in [3.63, 3.8) is 0 Å². The maximum atomic E-state index is 2.42. The lowest BCUT2D eigenvalue weighted by atomic mass is 9.81. The number of nitrogens with zero attached hydrogens (tertiary/aromatic N) is 2. The molecule has 0 heterocycles. The highest BCUT2D eigenvalue weighted by Gasteiger charge is 2.36. The maximum absolute atomic E-state index is 2.42. The Hall–Kier alpha value is -7.16. The van der Waals surface area contributed by atoms with Crippen LogP contribution in [0.1, 0.15) is 36.1 Å². The van der Waals surface area contributed by atoms with E-state index >= 15 is 0 Å². The van der Waals surface area contributed by atoms with Gasteiger partial charge in [0.1, 0.15) is 0 Å². The van der Waals surface area contributed by atoms with Crippen LogP contribution in [0.4, 0.5) is 34.1 Å². The molecule has 9 aromatic rings. The molecule has 0 aromatic heterocycles. The quantitative estimate of drug-likeness (QED) is 0.144. The molecule has 0 unspecified atom stereocenters. The molecule has 2 nitrogen and oxygen atoms in total. The number of benzene rings is 9. The highest BCUT2D eigenvalue weighted by molar-refractivity contribution is 5.94. The molecule has 57 heavy (non-hydrogen) atoms. The minimum Gasteiger partial charge on any atom is -0.311 e. The van der Waals surface area contributed by atoms with Gasteiger partial charge >= 0.3 is 0 Å². The van der Waals surface area contributed by atoms with Crippen molar-refractivity contribution in [3.05, 3.63) is 229 Å². The molecule has 0 N–H and O–H groups in total. The van der Waals surface area contributed by atoms with E-state index in [0.717, 1.165) is 39.7 Å². The Morgan fingerprint density at radius 2 is 0.702 bits per heavy atom. The van der Waals surface area contributed by atoms with Gasteiger partial charge in [0.2, 0.25) is 0 Å². The zero-order chi connectivity index (χ0) is 38.3. The number of hydrogen-bond acceptors (Lipinski definition) is 2. The summed E-state index contributed by atoms with van der Waals surface area (Å²) in [5.74, 6) is 0. The minimum atomic E-state index is -0.178. The Bertz CT molecular complexity index is 2810. The fourth-order valence-corrected chi connectivity index (χ4v) is 8.59. The first-order valence-electron chi connectivity index (χ1n) is 19.8. The van der Waals surface area contributed by atoms with Crippen LogP contribution < -0.4 is 9.80 Å². The van der Waals surface area contributed by atoms with E-state index in [0.29, 0.717) is 0 Å². The second kappa shape index (κ2) is 14.2. The Kier molecular flexibility index (Phi) is 8.53. The maximum Gasteiger partial charge on any atom is 0.0468 e. The van der Waals surface area contributed by atoms with Crippen molar-refractivity contribution >= 4 is 67.8 Å². The molecule has 0 spiro atoms. The van der Waals surface area contributed by atoms with E-state index in [1.54, 1.807) is 0 Å². The average Bonchev–Trinajstić information content (AvgIpc) is 3.49. The van der Waals surface area contributed by atoms with Crippen molar-refractivity contribution in [1.29, 1.82) is 0 Å². The molecule has 1 aliphatic carbocycles. The summed E-state index contributed by atoms with van der Waals surface area (Å²) >= 11 is 0. The molecule has 0 saturated carbocycles. The van der Waals surface area contributed by atoms with E-state index in [9.17, 15) is 0 Å². The molecule has 9 aromatic carbocycles. The Morgan fingerprint density at radius 3 is 1.28 bits per heavy atom. The van der Waals surface area contributed by atoms with Gasteiger partial charge in [0.25, 0.3) is 0 Å². The van der Waals surface area contributed by atoms with Gasteiger partial charge in [-0.25, -0.2) is 0 Å². The van der Waals surface area contributed by atoms with Crippen LogP contribution in [0.15, 0.2) is 206 Å². The molecular weight excluding hydrogens is 689 g/mol. The van der Waals surface area contributed by atoms with E-state index < -0.39 is 0 Å². The molecule has 0 atom stereocenters. The van der Waals surface area contributed by atoms with Crippen LogP contribution in [0, 0.1) is 0 Å². The Labute approximate surface area is 335 Å². The van der Waals surface area contributed by atoms with Crippen molar-refractivity contribution in [2.45, 2.75) is 19.3 Å². The molecule has 1 aliphatic rings. The van der Waals surface area contributed by atoms with Crippen LogP contribution in [0.25, 0.3) is 44.8 Å². The number of hydrogen-bond donors (Lipinski definition) is 0. The van der Waals surface area contributed by atoms with E-state index in [1.165, 1.54) is 49.4 Å². The normalized spacial score (nSPS) is 12.8. The Morgan fingerprint density at radius 1 is 0.316 bits per heavy atom. The largest absolute Gasteiger partial charge is 0.311 e. The summed E-state index contributed by atoms with van der Waals surface area (Å²) in [6.45, 7) is 4.74. The molecule has 10 rings (SSSR count). The van der Waals surface area contributed by atoms with E-state index in [1.807, 2.05) is 0 Å². The van der Waals surface area contributed by atoms with E-state index in [-0.39, 0.29) is 5.41 Å². The summed E-state index contributed by atoms with van der Waals surface area (Å²) in [4.78, 5) is 4.71. The first kappa shape index (κ1) is 34.3. The summed E-state index contributed by atoms with van der Waals surface area (Å²) < 4.78 is 0. The monoisotopic (exact) mass is 730 g/mol. The van der Waals surface area contributed by atoms with Gasteiger partial charge in [-0.15, -0.1) is 0 Å². The van der Waals surface area contributed by atoms with Crippen molar-refractivity contribution in [2.75, 3.05) is 9.80 Å². The van der Waals surface area contributed by atoms with Crippen LogP contribution in [0.3, 0.4) is 0 Å². The third-order valence-corrected chi connectivity index (χ3v) is 11.6. The standard InChI is InChI=1S/C55H42N2/c1-55(2)53-35-40(22-21-39-23-28-47(29-24-39)56(45-17-5-3-6-18-45)46-19-7-4-8-20-46)25-33-51(53)52-34-32-50(38-54(52)55)57(48-30-26-41-13-9-11-15-43(41)36-48)49-31-27-42-14-10-12-16-44(42)37-49/h3-38H,1-2H3/b22-21+. The molecule has 0 fully saturated rings. The summed E-state index contributed by atoms with van der Waals surface area (Å²) in [6.07, 6.45) is 4.46. The minimum absolute atomic E-state index is 0.178. The van der Waals surface area contributed by atoms with Crippen molar-refractivity contribution < 1.29 is 0 Å². The zero-order valence-electron chi connectivity index (χ0n) is 32.2. The first-order chi connectivity index (χ1) is 28.0. The van der Waals surface area contributed by atoms with Crippen LogP contribution in [0.5, 0.6) is 0 Å². The molecule has 2 heteroatoms. The molecule has 0 saturated heterocycles. The number of fused-ring (bicyclic) bond motifs is 5. The molecule has 0 amide bonds. The van der Waals surface area contributed by atoms with Crippen LogP contribution in [-0.4, -0.2) is 0 Å². The zero-order valence-corrected chi connectivity index (χ0v) is 32.2. The van der Waals surface area contributed by atoms with Crippen molar-refractivity contribution in [2.24, 2.45) is 0 Å². The van der Waals surface area contributed by atoms with Gasteiger partial charge in [0.15, 0.2) is 0 Å².